The minimum atomic E-state index is -0.538. The van der Waals surface area contributed by atoms with Gasteiger partial charge >= 0.3 is 5.97 Å². The Labute approximate surface area is 144 Å². The summed E-state index contributed by atoms with van der Waals surface area (Å²) >= 11 is 0. The second-order valence-corrected chi connectivity index (χ2v) is 6.56. The van der Waals surface area contributed by atoms with Crippen LogP contribution in [-0.2, 0) is 9.53 Å². The van der Waals surface area contributed by atoms with Gasteiger partial charge in [-0.2, -0.15) is 0 Å². The summed E-state index contributed by atoms with van der Waals surface area (Å²) in [6.45, 7) is 8.76. The molecule has 1 aromatic carbocycles. The van der Waals surface area contributed by atoms with Crippen LogP contribution in [0.1, 0.15) is 30.9 Å². The van der Waals surface area contributed by atoms with Crippen LogP contribution < -0.4 is 4.74 Å². The minimum absolute atomic E-state index is 0.00420. The standard InChI is InChI=1S/C19H29NO4/c1-4-23-19(22)16-7-9-20(10-8-16)12-17(21)13-24-18-11-14(2)5-6-15(18)3/h5-6,11,16-17,21H,4,7-10,12-13H2,1-3H3/t17-/m0/s1. The van der Waals surface area contributed by atoms with Crippen molar-refractivity contribution >= 4 is 5.97 Å². The van der Waals surface area contributed by atoms with Crippen molar-refractivity contribution in [2.24, 2.45) is 5.92 Å². The van der Waals surface area contributed by atoms with Crippen LogP contribution >= 0.6 is 0 Å². The fourth-order valence-electron chi connectivity index (χ4n) is 3.01. The van der Waals surface area contributed by atoms with Gasteiger partial charge in [0.2, 0.25) is 0 Å². The molecule has 0 spiro atoms. The van der Waals surface area contributed by atoms with Gasteiger partial charge in [-0.15, -0.1) is 0 Å². The van der Waals surface area contributed by atoms with Gasteiger partial charge in [-0.3, -0.25) is 4.79 Å². The van der Waals surface area contributed by atoms with Crippen LogP contribution in [0.5, 0.6) is 5.75 Å². The average Bonchev–Trinajstić information content (AvgIpc) is 2.56. The molecule has 0 radical (unpaired) electrons. The maximum atomic E-state index is 11.7. The number of aliphatic hydroxyl groups is 1. The topological polar surface area (TPSA) is 59.0 Å². The highest BCUT2D eigenvalue weighted by molar-refractivity contribution is 5.72. The molecular weight excluding hydrogens is 306 g/mol. The molecule has 1 N–H and O–H groups in total. The van der Waals surface area contributed by atoms with Crippen LogP contribution in [0.3, 0.4) is 0 Å². The maximum absolute atomic E-state index is 11.7. The molecule has 0 aliphatic carbocycles. The number of carbonyl (C=O) groups is 1. The number of benzene rings is 1. The molecule has 1 aliphatic rings. The van der Waals surface area contributed by atoms with E-state index in [0.717, 1.165) is 42.8 Å². The second-order valence-electron chi connectivity index (χ2n) is 6.56. The third-order valence-electron chi connectivity index (χ3n) is 4.45. The van der Waals surface area contributed by atoms with Crippen molar-refractivity contribution in [3.63, 3.8) is 0 Å². The molecule has 0 unspecified atom stereocenters. The molecule has 24 heavy (non-hydrogen) atoms. The summed E-state index contributed by atoms with van der Waals surface area (Å²) < 4.78 is 10.8. The monoisotopic (exact) mass is 335 g/mol. The number of hydrogen-bond acceptors (Lipinski definition) is 5. The lowest BCUT2D eigenvalue weighted by Gasteiger charge is -2.32. The van der Waals surface area contributed by atoms with E-state index < -0.39 is 6.10 Å². The summed E-state index contributed by atoms with van der Waals surface area (Å²) in [6.07, 6.45) is 1.05. The molecule has 0 saturated carbocycles. The van der Waals surface area contributed by atoms with Crippen LogP contribution in [0, 0.1) is 19.8 Å². The lowest BCUT2D eigenvalue weighted by atomic mass is 9.97. The molecule has 5 heteroatoms. The van der Waals surface area contributed by atoms with Crippen LogP contribution in [-0.4, -0.2) is 54.9 Å². The van der Waals surface area contributed by atoms with Crippen molar-refractivity contribution in [3.8, 4) is 5.75 Å². The quantitative estimate of drug-likeness (QED) is 0.775. The van der Waals surface area contributed by atoms with Gasteiger partial charge in [0, 0.05) is 6.54 Å². The van der Waals surface area contributed by atoms with Gasteiger partial charge in [0.25, 0.3) is 0 Å². The third-order valence-corrected chi connectivity index (χ3v) is 4.45. The van der Waals surface area contributed by atoms with Crippen molar-refractivity contribution in [1.82, 2.24) is 4.90 Å². The van der Waals surface area contributed by atoms with E-state index in [1.807, 2.05) is 39.0 Å². The molecule has 1 atom stereocenters. The van der Waals surface area contributed by atoms with E-state index >= 15 is 0 Å². The number of aliphatic hydroxyl groups excluding tert-OH is 1. The molecule has 0 aromatic heterocycles. The molecule has 1 aliphatic heterocycles. The van der Waals surface area contributed by atoms with Crippen molar-refractivity contribution < 1.29 is 19.4 Å². The molecule has 0 amide bonds. The largest absolute Gasteiger partial charge is 0.491 e. The lowest BCUT2D eigenvalue weighted by Crippen LogP contribution is -2.42. The zero-order chi connectivity index (χ0) is 17.5. The van der Waals surface area contributed by atoms with E-state index in [4.69, 9.17) is 9.47 Å². The van der Waals surface area contributed by atoms with Gasteiger partial charge in [-0.1, -0.05) is 12.1 Å². The second kappa shape index (κ2) is 9.04. The SMILES string of the molecule is CCOC(=O)C1CCN(C[C@H](O)COc2cc(C)ccc2C)CC1. The molecule has 1 heterocycles. The predicted molar refractivity (Wildman–Crippen MR) is 93.2 cm³/mol. The molecule has 1 fully saturated rings. The first-order chi connectivity index (χ1) is 11.5. The summed E-state index contributed by atoms with van der Waals surface area (Å²) in [5.74, 6) is 0.746. The first-order valence-electron chi connectivity index (χ1n) is 8.76. The van der Waals surface area contributed by atoms with E-state index in [-0.39, 0.29) is 18.5 Å². The number of rotatable bonds is 7. The smallest absolute Gasteiger partial charge is 0.309 e. The number of nitrogens with zero attached hydrogens (tertiary/aromatic N) is 1. The van der Waals surface area contributed by atoms with Crippen LogP contribution in [0.15, 0.2) is 18.2 Å². The zero-order valence-corrected chi connectivity index (χ0v) is 15.0. The number of ether oxygens (including phenoxy) is 2. The van der Waals surface area contributed by atoms with Crippen molar-refractivity contribution in [3.05, 3.63) is 29.3 Å². The number of piperidine rings is 1. The molecule has 5 nitrogen and oxygen atoms in total. The maximum Gasteiger partial charge on any atom is 0.309 e. The Hall–Kier alpha value is -1.59. The fraction of sp³-hybridized carbons (Fsp3) is 0.632. The van der Waals surface area contributed by atoms with Gasteiger partial charge in [0.1, 0.15) is 18.5 Å². The van der Waals surface area contributed by atoms with Crippen LogP contribution in [0.25, 0.3) is 0 Å². The predicted octanol–water partition coefficient (Wildman–Crippen LogP) is 2.32. The Morgan fingerprint density at radius 1 is 1.33 bits per heavy atom. The van der Waals surface area contributed by atoms with Gasteiger partial charge in [-0.05, 0) is 63.9 Å². The van der Waals surface area contributed by atoms with Crippen molar-refractivity contribution in [1.29, 1.82) is 0 Å². The molecule has 134 valence electrons. The number of aryl methyl sites for hydroxylation is 2. The van der Waals surface area contributed by atoms with E-state index in [9.17, 15) is 9.90 Å². The zero-order valence-electron chi connectivity index (χ0n) is 15.0. The highest BCUT2D eigenvalue weighted by Gasteiger charge is 2.26. The Kier molecular flexibility index (Phi) is 7.06. The van der Waals surface area contributed by atoms with E-state index in [0.29, 0.717) is 13.2 Å². The van der Waals surface area contributed by atoms with Gasteiger partial charge in [0.05, 0.1) is 12.5 Å². The Bertz CT molecular complexity index is 538. The molecular formula is C19H29NO4. The first kappa shape index (κ1) is 18.7. The normalized spacial score (nSPS) is 17.5. The van der Waals surface area contributed by atoms with Gasteiger partial charge < -0.3 is 19.5 Å². The highest BCUT2D eigenvalue weighted by Crippen LogP contribution is 2.21. The molecule has 1 saturated heterocycles. The highest BCUT2D eigenvalue weighted by atomic mass is 16.5. The molecule has 0 bridgehead atoms. The van der Waals surface area contributed by atoms with Crippen molar-refractivity contribution in [2.75, 3.05) is 32.8 Å². The Morgan fingerprint density at radius 3 is 2.71 bits per heavy atom. The fourth-order valence-corrected chi connectivity index (χ4v) is 3.01. The van der Waals surface area contributed by atoms with E-state index in [2.05, 4.69) is 4.90 Å². The number of carbonyl (C=O) groups excluding carboxylic acids is 1. The summed E-state index contributed by atoms with van der Waals surface area (Å²) in [6, 6.07) is 6.07. The summed E-state index contributed by atoms with van der Waals surface area (Å²) in [4.78, 5) is 13.9. The Balaban J connectivity index is 1.72. The van der Waals surface area contributed by atoms with Crippen molar-refractivity contribution in [2.45, 2.75) is 39.7 Å². The Morgan fingerprint density at radius 2 is 2.04 bits per heavy atom. The summed E-state index contributed by atoms with van der Waals surface area (Å²) in [5.41, 5.74) is 2.22. The van der Waals surface area contributed by atoms with Crippen LogP contribution in [0.2, 0.25) is 0 Å². The number of hydrogen-bond donors (Lipinski definition) is 1. The molecule has 2 rings (SSSR count). The van der Waals surface area contributed by atoms with Gasteiger partial charge in [0.15, 0.2) is 0 Å². The number of esters is 1. The minimum Gasteiger partial charge on any atom is -0.491 e. The van der Waals surface area contributed by atoms with Crippen LogP contribution in [0.4, 0.5) is 0 Å². The summed E-state index contributed by atoms with van der Waals surface area (Å²) in [5, 5.41) is 10.2. The number of likely N-dealkylation sites (tertiary alicyclic amines) is 1. The average molecular weight is 335 g/mol. The lowest BCUT2D eigenvalue weighted by molar-refractivity contribution is -0.149. The van der Waals surface area contributed by atoms with E-state index in [1.54, 1.807) is 0 Å². The van der Waals surface area contributed by atoms with E-state index in [1.165, 1.54) is 0 Å². The third kappa shape index (κ3) is 5.49. The molecule has 1 aromatic rings. The van der Waals surface area contributed by atoms with Gasteiger partial charge in [-0.25, -0.2) is 0 Å². The summed E-state index contributed by atoms with van der Waals surface area (Å²) in [7, 11) is 0. The first-order valence-corrected chi connectivity index (χ1v) is 8.76. The number of β-amino-alcohol motifs (C(OH)–C–C–N with tert-alkyl or cyclic N) is 1.